The van der Waals surface area contributed by atoms with Crippen LogP contribution in [0.1, 0.15) is 5.56 Å². The number of benzene rings is 3. The third kappa shape index (κ3) is 4.80. The van der Waals surface area contributed by atoms with Gasteiger partial charge < -0.3 is 5.32 Å². The number of thioether (sulfide) groups is 1. The fraction of sp³-hybridized carbons (Fsp3) is 0.0800. The predicted octanol–water partition coefficient (Wildman–Crippen LogP) is 6.20. The van der Waals surface area contributed by atoms with Crippen LogP contribution in [0.5, 0.6) is 0 Å². The minimum atomic E-state index is -0.815. The summed E-state index contributed by atoms with van der Waals surface area (Å²) in [6.45, 7) is 0. The molecule has 1 atom stereocenters. The maximum absolute atomic E-state index is 14.1. The van der Waals surface area contributed by atoms with Crippen LogP contribution in [0.15, 0.2) is 83.4 Å². The minimum absolute atomic E-state index is 0.0660. The normalized spacial score (nSPS) is 16.8. The Labute approximate surface area is 209 Å². The molecule has 5 nitrogen and oxygen atoms in total. The van der Waals surface area contributed by atoms with Gasteiger partial charge in [0.25, 0.3) is 5.91 Å². The highest BCUT2D eigenvalue weighted by molar-refractivity contribution is 8.05. The lowest BCUT2D eigenvalue weighted by atomic mass is 10.1. The lowest BCUT2D eigenvalue weighted by Crippen LogP contribution is -2.31. The lowest BCUT2D eigenvalue weighted by molar-refractivity contribution is -0.117. The van der Waals surface area contributed by atoms with Crippen LogP contribution in [0.2, 0.25) is 10.0 Å². The van der Waals surface area contributed by atoms with Gasteiger partial charge in [0.2, 0.25) is 5.91 Å². The van der Waals surface area contributed by atoms with Crippen LogP contribution in [0.25, 0.3) is 0 Å². The number of carbonyl (C=O) groups is 2. The fourth-order valence-electron chi connectivity index (χ4n) is 3.45. The van der Waals surface area contributed by atoms with Gasteiger partial charge in [0.1, 0.15) is 22.5 Å². The average Bonchev–Trinajstić information content (AvgIpc) is 3.15. The zero-order chi connectivity index (χ0) is 24.2. The number of rotatable bonds is 5. The summed E-state index contributed by atoms with van der Waals surface area (Å²) < 4.78 is 14.1. The molecule has 9 heteroatoms. The Bertz CT molecular complexity index is 1340. The van der Waals surface area contributed by atoms with Crippen LogP contribution in [-0.2, 0) is 16.0 Å². The first-order chi connectivity index (χ1) is 16.4. The first-order valence-electron chi connectivity index (χ1n) is 10.1. The molecule has 1 heterocycles. The van der Waals surface area contributed by atoms with E-state index < -0.39 is 17.0 Å². The highest BCUT2D eigenvalue weighted by Gasteiger charge is 2.41. The van der Waals surface area contributed by atoms with E-state index in [0.29, 0.717) is 21.3 Å². The third-order valence-corrected chi connectivity index (χ3v) is 7.20. The van der Waals surface area contributed by atoms with Crippen molar-refractivity contribution < 1.29 is 14.0 Å². The van der Waals surface area contributed by atoms with E-state index in [9.17, 15) is 19.2 Å². The molecule has 170 valence electrons. The standard InChI is InChI=1S/C25H16Cl2FN3O2S/c26-18-10-6-7-15(22(18)27)13-21-24(33)31(16-8-2-1-3-9-16)25(34-21)17(14-29)23(32)30-20-12-5-4-11-19(20)28/h1-12,21H,13H2,(H,30,32)/b25-17-. The molecule has 4 rings (SSSR count). The molecule has 1 aliphatic rings. The average molecular weight is 512 g/mol. The Balaban J connectivity index is 1.74. The summed E-state index contributed by atoms with van der Waals surface area (Å²) in [6.07, 6.45) is 0.239. The first kappa shape index (κ1) is 23.8. The van der Waals surface area contributed by atoms with Gasteiger partial charge in [0.15, 0.2) is 0 Å². The highest BCUT2D eigenvalue weighted by atomic mass is 35.5. The zero-order valence-corrected chi connectivity index (χ0v) is 19.8. The molecule has 3 aromatic carbocycles. The molecule has 1 saturated heterocycles. The van der Waals surface area contributed by atoms with Crippen molar-refractivity contribution >= 4 is 58.2 Å². The fourth-order valence-corrected chi connectivity index (χ4v) is 5.15. The van der Waals surface area contributed by atoms with Crippen LogP contribution >= 0.6 is 35.0 Å². The summed E-state index contributed by atoms with van der Waals surface area (Å²) in [5, 5.41) is 12.5. The molecule has 3 aromatic rings. The number of hydrogen-bond donors (Lipinski definition) is 1. The van der Waals surface area contributed by atoms with Crippen LogP contribution in [-0.4, -0.2) is 17.1 Å². The van der Waals surface area contributed by atoms with Gasteiger partial charge in [0, 0.05) is 5.69 Å². The first-order valence-corrected chi connectivity index (χ1v) is 11.7. The number of nitrogens with zero attached hydrogens (tertiary/aromatic N) is 2. The summed E-state index contributed by atoms with van der Waals surface area (Å²) >= 11 is 13.5. The molecule has 0 aliphatic carbocycles. The molecule has 0 bridgehead atoms. The molecular weight excluding hydrogens is 496 g/mol. The molecule has 1 unspecified atom stereocenters. The van der Waals surface area contributed by atoms with Gasteiger partial charge in [-0.1, -0.05) is 77.4 Å². The van der Waals surface area contributed by atoms with Crippen molar-refractivity contribution in [1.82, 2.24) is 0 Å². The Morgan fingerprint density at radius 2 is 1.76 bits per heavy atom. The summed E-state index contributed by atoms with van der Waals surface area (Å²) in [5.74, 6) is -1.76. The predicted molar refractivity (Wildman–Crippen MR) is 133 cm³/mol. The Morgan fingerprint density at radius 3 is 2.47 bits per heavy atom. The van der Waals surface area contributed by atoms with Crippen molar-refractivity contribution in [2.75, 3.05) is 10.2 Å². The zero-order valence-electron chi connectivity index (χ0n) is 17.5. The van der Waals surface area contributed by atoms with Gasteiger partial charge in [-0.3, -0.25) is 14.5 Å². The van der Waals surface area contributed by atoms with Gasteiger partial charge in [-0.05, 0) is 42.3 Å². The second kappa shape index (κ2) is 10.3. The molecule has 0 saturated carbocycles. The maximum Gasteiger partial charge on any atom is 0.269 e. The molecular formula is C25H16Cl2FN3O2S. The van der Waals surface area contributed by atoms with E-state index in [2.05, 4.69) is 5.32 Å². The molecule has 2 amide bonds. The van der Waals surface area contributed by atoms with E-state index in [0.717, 1.165) is 11.8 Å². The number of para-hydroxylation sites is 2. The van der Waals surface area contributed by atoms with Crippen molar-refractivity contribution in [1.29, 1.82) is 5.26 Å². The maximum atomic E-state index is 14.1. The van der Waals surface area contributed by atoms with E-state index in [4.69, 9.17) is 23.2 Å². The summed E-state index contributed by atoms with van der Waals surface area (Å²) in [7, 11) is 0. The lowest BCUT2D eigenvalue weighted by Gasteiger charge is -2.18. The molecule has 0 spiro atoms. The molecule has 1 fully saturated rings. The number of hydrogen-bond acceptors (Lipinski definition) is 4. The topological polar surface area (TPSA) is 73.2 Å². The van der Waals surface area contributed by atoms with Gasteiger partial charge in [-0.15, -0.1) is 0 Å². The second-order valence-corrected chi connectivity index (χ2v) is 9.24. The second-order valence-electron chi connectivity index (χ2n) is 7.26. The number of anilines is 2. The van der Waals surface area contributed by atoms with Crippen molar-refractivity contribution in [3.05, 3.63) is 105 Å². The largest absolute Gasteiger partial charge is 0.319 e. The van der Waals surface area contributed by atoms with Gasteiger partial charge >= 0.3 is 0 Å². The quantitative estimate of drug-likeness (QED) is 0.327. The molecule has 0 aromatic heterocycles. The van der Waals surface area contributed by atoms with E-state index in [1.807, 2.05) is 6.07 Å². The summed E-state index contributed by atoms with van der Waals surface area (Å²) in [6, 6.07) is 21.4. The molecule has 34 heavy (non-hydrogen) atoms. The highest BCUT2D eigenvalue weighted by Crippen LogP contribution is 2.43. The van der Waals surface area contributed by atoms with Crippen molar-refractivity contribution in [3.8, 4) is 6.07 Å². The molecule has 1 N–H and O–H groups in total. The van der Waals surface area contributed by atoms with Crippen LogP contribution < -0.4 is 10.2 Å². The number of nitriles is 1. The Morgan fingerprint density at radius 1 is 1.06 bits per heavy atom. The van der Waals surface area contributed by atoms with Gasteiger partial charge in [-0.2, -0.15) is 5.26 Å². The van der Waals surface area contributed by atoms with E-state index in [1.54, 1.807) is 54.6 Å². The number of halogens is 3. The van der Waals surface area contributed by atoms with E-state index in [-0.39, 0.29) is 28.6 Å². The Kier molecular flexibility index (Phi) is 7.23. The number of amides is 2. The summed E-state index contributed by atoms with van der Waals surface area (Å²) in [5.41, 5.74) is 0.804. The number of carbonyl (C=O) groups excluding carboxylic acids is 2. The van der Waals surface area contributed by atoms with Crippen LogP contribution in [0.4, 0.5) is 15.8 Å². The van der Waals surface area contributed by atoms with E-state index in [1.165, 1.54) is 23.1 Å². The van der Waals surface area contributed by atoms with E-state index >= 15 is 0 Å². The summed E-state index contributed by atoms with van der Waals surface area (Å²) in [4.78, 5) is 27.8. The van der Waals surface area contributed by atoms with Crippen molar-refractivity contribution in [3.63, 3.8) is 0 Å². The number of nitrogens with one attached hydrogen (secondary N) is 1. The smallest absolute Gasteiger partial charge is 0.269 e. The molecule has 0 radical (unpaired) electrons. The van der Waals surface area contributed by atoms with Crippen molar-refractivity contribution in [2.24, 2.45) is 0 Å². The SMILES string of the molecule is N#C/C(C(=O)Nc1ccccc1F)=C1/SC(Cc2cccc(Cl)c2Cl)C(=O)N1c1ccccc1. The monoisotopic (exact) mass is 511 g/mol. The minimum Gasteiger partial charge on any atom is -0.319 e. The van der Waals surface area contributed by atoms with Gasteiger partial charge in [0.05, 0.1) is 21.0 Å². The van der Waals surface area contributed by atoms with Gasteiger partial charge in [-0.25, -0.2) is 4.39 Å². The Hall–Kier alpha value is -3.31. The van der Waals surface area contributed by atoms with Crippen LogP contribution in [0, 0.1) is 17.1 Å². The molecule has 1 aliphatic heterocycles. The van der Waals surface area contributed by atoms with Crippen LogP contribution in [0.3, 0.4) is 0 Å². The third-order valence-electron chi connectivity index (χ3n) is 5.08. The van der Waals surface area contributed by atoms with Crippen molar-refractivity contribution in [2.45, 2.75) is 11.7 Å².